The number of anilines is 3. The van der Waals surface area contributed by atoms with E-state index < -0.39 is 0 Å². The molecule has 90 valence electrons. The quantitative estimate of drug-likeness (QED) is 0.776. The zero-order chi connectivity index (χ0) is 12.1. The van der Waals surface area contributed by atoms with Gasteiger partial charge in [0.2, 0.25) is 17.8 Å². The number of nitrogen functional groups attached to an aromatic ring is 1. The first kappa shape index (κ1) is 12.5. The molecule has 1 aromatic rings. The first-order chi connectivity index (χ1) is 7.52. The first-order valence-corrected chi connectivity index (χ1v) is 5.45. The van der Waals surface area contributed by atoms with Crippen LogP contribution in [-0.4, -0.2) is 35.6 Å². The summed E-state index contributed by atoms with van der Waals surface area (Å²) in [5, 5.41) is 3.16. The lowest BCUT2D eigenvalue weighted by molar-refractivity contribution is 0.591. The van der Waals surface area contributed by atoms with Gasteiger partial charge in [-0.25, -0.2) is 0 Å². The number of hydrogen-bond acceptors (Lipinski definition) is 6. The highest BCUT2D eigenvalue weighted by molar-refractivity contribution is 5.40. The van der Waals surface area contributed by atoms with Gasteiger partial charge >= 0.3 is 0 Å². The third kappa shape index (κ3) is 3.52. The maximum atomic E-state index is 5.61. The van der Waals surface area contributed by atoms with Crippen LogP contribution in [0.1, 0.15) is 20.3 Å². The van der Waals surface area contributed by atoms with Gasteiger partial charge in [-0.1, -0.05) is 20.3 Å². The second kappa shape index (κ2) is 5.48. The van der Waals surface area contributed by atoms with Crippen LogP contribution in [0, 0.1) is 5.92 Å². The van der Waals surface area contributed by atoms with Gasteiger partial charge in [0.05, 0.1) is 0 Å². The molecule has 0 bridgehead atoms. The van der Waals surface area contributed by atoms with Crippen molar-refractivity contribution in [3.05, 3.63) is 0 Å². The van der Waals surface area contributed by atoms with Crippen molar-refractivity contribution in [2.24, 2.45) is 5.92 Å². The minimum Gasteiger partial charge on any atom is -0.368 e. The highest BCUT2D eigenvalue weighted by Gasteiger charge is 2.06. The Labute approximate surface area is 96.3 Å². The molecule has 0 aliphatic heterocycles. The fourth-order valence-corrected chi connectivity index (χ4v) is 1.07. The Morgan fingerprint density at radius 2 is 2.00 bits per heavy atom. The third-order valence-corrected chi connectivity index (χ3v) is 2.35. The predicted octanol–water partition coefficient (Wildman–Crippen LogP) is 0.978. The van der Waals surface area contributed by atoms with Crippen molar-refractivity contribution in [2.75, 3.05) is 36.6 Å². The molecule has 0 radical (unpaired) electrons. The number of hydrogen-bond donors (Lipinski definition) is 2. The van der Waals surface area contributed by atoms with Crippen molar-refractivity contribution in [1.82, 2.24) is 15.0 Å². The number of nitrogens with one attached hydrogen (secondary N) is 1. The zero-order valence-electron chi connectivity index (χ0n) is 10.4. The number of rotatable bonds is 5. The van der Waals surface area contributed by atoms with E-state index in [-0.39, 0.29) is 5.95 Å². The molecule has 0 spiro atoms. The van der Waals surface area contributed by atoms with Gasteiger partial charge in [-0.15, -0.1) is 0 Å². The number of nitrogens with two attached hydrogens (primary N) is 1. The van der Waals surface area contributed by atoms with E-state index in [9.17, 15) is 0 Å². The van der Waals surface area contributed by atoms with Crippen LogP contribution >= 0.6 is 0 Å². The first-order valence-electron chi connectivity index (χ1n) is 5.45. The van der Waals surface area contributed by atoms with Crippen molar-refractivity contribution in [3.63, 3.8) is 0 Å². The minimum atomic E-state index is 0.241. The normalized spacial score (nSPS) is 12.2. The molecular weight excluding hydrogens is 204 g/mol. The summed E-state index contributed by atoms with van der Waals surface area (Å²) >= 11 is 0. The van der Waals surface area contributed by atoms with E-state index in [4.69, 9.17) is 5.73 Å². The second-order valence-electron chi connectivity index (χ2n) is 4.11. The summed E-state index contributed by atoms with van der Waals surface area (Å²) in [7, 11) is 3.74. The second-order valence-corrected chi connectivity index (χ2v) is 4.11. The SMILES string of the molecule is CCC(C)CNc1nc(N)nc(N(C)C)n1. The number of nitrogens with zero attached hydrogens (tertiary/aromatic N) is 4. The summed E-state index contributed by atoms with van der Waals surface area (Å²) in [5.74, 6) is 1.93. The van der Waals surface area contributed by atoms with Crippen molar-refractivity contribution in [3.8, 4) is 0 Å². The summed E-state index contributed by atoms with van der Waals surface area (Å²) in [6, 6.07) is 0. The Kier molecular flexibility index (Phi) is 4.28. The molecule has 0 fully saturated rings. The molecule has 3 N–H and O–H groups in total. The molecule has 0 saturated carbocycles. The fourth-order valence-electron chi connectivity index (χ4n) is 1.07. The largest absolute Gasteiger partial charge is 0.368 e. The van der Waals surface area contributed by atoms with E-state index in [0.717, 1.165) is 13.0 Å². The van der Waals surface area contributed by atoms with Crippen LogP contribution in [0.2, 0.25) is 0 Å². The van der Waals surface area contributed by atoms with Crippen molar-refractivity contribution in [1.29, 1.82) is 0 Å². The van der Waals surface area contributed by atoms with Crippen LogP contribution < -0.4 is 16.0 Å². The van der Waals surface area contributed by atoms with Gasteiger partial charge in [-0.2, -0.15) is 15.0 Å². The molecule has 1 rings (SSSR count). The Hall–Kier alpha value is -1.59. The van der Waals surface area contributed by atoms with Gasteiger partial charge in [0.15, 0.2) is 0 Å². The van der Waals surface area contributed by atoms with Crippen LogP contribution in [0.5, 0.6) is 0 Å². The van der Waals surface area contributed by atoms with Crippen molar-refractivity contribution >= 4 is 17.8 Å². The monoisotopic (exact) mass is 224 g/mol. The Morgan fingerprint density at radius 3 is 2.56 bits per heavy atom. The van der Waals surface area contributed by atoms with Gasteiger partial charge in [0.25, 0.3) is 0 Å². The van der Waals surface area contributed by atoms with Crippen LogP contribution in [0.25, 0.3) is 0 Å². The summed E-state index contributed by atoms with van der Waals surface area (Å²) < 4.78 is 0. The van der Waals surface area contributed by atoms with Gasteiger partial charge in [-0.3, -0.25) is 0 Å². The van der Waals surface area contributed by atoms with Gasteiger partial charge in [0.1, 0.15) is 0 Å². The van der Waals surface area contributed by atoms with E-state index >= 15 is 0 Å². The average molecular weight is 224 g/mol. The molecule has 1 heterocycles. The topological polar surface area (TPSA) is 80.0 Å². The lowest BCUT2D eigenvalue weighted by atomic mass is 10.1. The van der Waals surface area contributed by atoms with E-state index in [1.165, 1.54) is 0 Å². The zero-order valence-corrected chi connectivity index (χ0v) is 10.4. The van der Waals surface area contributed by atoms with E-state index in [1.807, 2.05) is 14.1 Å². The maximum absolute atomic E-state index is 5.61. The van der Waals surface area contributed by atoms with Gasteiger partial charge < -0.3 is 16.0 Å². The molecular formula is C10H20N6. The highest BCUT2D eigenvalue weighted by Crippen LogP contribution is 2.10. The third-order valence-electron chi connectivity index (χ3n) is 2.35. The Balaban J connectivity index is 2.72. The predicted molar refractivity (Wildman–Crippen MR) is 66.5 cm³/mol. The van der Waals surface area contributed by atoms with Crippen LogP contribution in [0.4, 0.5) is 17.8 Å². The molecule has 0 amide bonds. The minimum absolute atomic E-state index is 0.241. The summed E-state index contributed by atoms with van der Waals surface area (Å²) in [4.78, 5) is 14.1. The summed E-state index contributed by atoms with van der Waals surface area (Å²) in [6.07, 6.45) is 1.12. The van der Waals surface area contributed by atoms with Crippen LogP contribution in [-0.2, 0) is 0 Å². The smallest absolute Gasteiger partial charge is 0.231 e. The maximum Gasteiger partial charge on any atom is 0.231 e. The van der Waals surface area contributed by atoms with Gasteiger partial charge in [0, 0.05) is 20.6 Å². The molecule has 0 aromatic carbocycles. The Morgan fingerprint density at radius 1 is 1.31 bits per heavy atom. The Bertz CT molecular complexity index is 338. The lowest BCUT2D eigenvalue weighted by Crippen LogP contribution is -2.18. The van der Waals surface area contributed by atoms with Crippen LogP contribution in [0.3, 0.4) is 0 Å². The van der Waals surface area contributed by atoms with Crippen molar-refractivity contribution < 1.29 is 0 Å². The van der Waals surface area contributed by atoms with Gasteiger partial charge in [-0.05, 0) is 5.92 Å². The average Bonchev–Trinajstić information content (AvgIpc) is 2.25. The summed E-state index contributed by atoms with van der Waals surface area (Å²) in [5.41, 5.74) is 5.61. The fraction of sp³-hybridized carbons (Fsp3) is 0.700. The molecule has 6 nitrogen and oxygen atoms in total. The molecule has 1 unspecified atom stereocenters. The molecule has 6 heteroatoms. The molecule has 1 atom stereocenters. The standard InChI is InChI=1S/C10H20N6/c1-5-7(2)6-12-9-13-8(11)14-10(15-9)16(3)4/h7H,5-6H2,1-4H3,(H3,11,12,13,14,15). The van der Waals surface area contributed by atoms with Crippen molar-refractivity contribution in [2.45, 2.75) is 20.3 Å². The molecule has 16 heavy (non-hydrogen) atoms. The van der Waals surface area contributed by atoms with Crippen LogP contribution in [0.15, 0.2) is 0 Å². The molecule has 1 aromatic heterocycles. The molecule has 0 saturated heterocycles. The summed E-state index contributed by atoms with van der Waals surface area (Å²) in [6.45, 7) is 5.16. The van der Waals surface area contributed by atoms with E-state index in [1.54, 1.807) is 4.90 Å². The van der Waals surface area contributed by atoms with E-state index in [2.05, 4.69) is 34.1 Å². The van der Waals surface area contributed by atoms with E-state index in [0.29, 0.717) is 17.8 Å². The molecule has 0 aliphatic rings. The lowest BCUT2D eigenvalue weighted by Gasteiger charge is -2.13. The molecule has 0 aliphatic carbocycles. The number of aromatic nitrogens is 3. The highest BCUT2D eigenvalue weighted by atomic mass is 15.3.